The summed E-state index contributed by atoms with van der Waals surface area (Å²) in [5.41, 5.74) is 6.28. The molecule has 0 spiro atoms. The molecule has 0 heterocycles. The first kappa shape index (κ1) is 12.4. The van der Waals surface area contributed by atoms with E-state index in [1.54, 1.807) is 0 Å². The van der Waals surface area contributed by atoms with Crippen LogP contribution in [0.3, 0.4) is 0 Å². The van der Waals surface area contributed by atoms with Crippen molar-refractivity contribution in [1.29, 1.82) is 0 Å². The zero-order valence-corrected chi connectivity index (χ0v) is 10.8. The number of nitrogens with zero attached hydrogens (tertiary/aromatic N) is 1. The van der Waals surface area contributed by atoms with Gasteiger partial charge in [0, 0.05) is 18.1 Å². The molecule has 2 aliphatic carbocycles. The lowest BCUT2D eigenvalue weighted by atomic mass is 9.88. The molecule has 0 saturated heterocycles. The summed E-state index contributed by atoms with van der Waals surface area (Å²) in [6.45, 7) is 0. The second-order valence-electron chi connectivity index (χ2n) is 5.83. The molecule has 0 aromatic heterocycles. The number of hydrogen-bond donors (Lipinski definition) is 1. The van der Waals surface area contributed by atoms with Crippen LogP contribution in [-0.4, -0.2) is 30.1 Å². The normalized spacial score (nSPS) is 33.9. The van der Waals surface area contributed by atoms with Crippen molar-refractivity contribution >= 4 is 0 Å². The van der Waals surface area contributed by atoms with Crippen LogP contribution in [0.4, 0.5) is 0 Å². The monoisotopic (exact) mass is 224 g/mol. The molecule has 2 unspecified atom stereocenters. The van der Waals surface area contributed by atoms with Crippen LogP contribution >= 0.6 is 0 Å². The van der Waals surface area contributed by atoms with Crippen LogP contribution in [0, 0.1) is 0 Å². The van der Waals surface area contributed by atoms with Gasteiger partial charge in [0.2, 0.25) is 0 Å². The zero-order chi connectivity index (χ0) is 11.4. The van der Waals surface area contributed by atoms with Gasteiger partial charge in [-0.15, -0.1) is 0 Å². The summed E-state index contributed by atoms with van der Waals surface area (Å²) in [4.78, 5) is 2.63. The standard InChI is InChI=1S/C14H28N2/c1-16(12-8-4-2-3-5-9-12)14-11-7-6-10-13(14)15/h12-14H,2-11,15H2,1H3. The van der Waals surface area contributed by atoms with Crippen molar-refractivity contribution in [2.24, 2.45) is 5.73 Å². The maximum atomic E-state index is 6.28. The van der Waals surface area contributed by atoms with E-state index in [1.807, 2.05) is 0 Å². The molecule has 2 heteroatoms. The fourth-order valence-corrected chi connectivity index (χ4v) is 3.58. The van der Waals surface area contributed by atoms with Gasteiger partial charge in [0.15, 0.2) is 0 Å². The molecule has 0 aromatic carbocycles. The topological polar surface area (TPSA) is 29.3 Å². The first-order chi connectivity index (χ1) is 7.79. The average Bonchev–Trinajstić information content (AvgIpc) is 2.57. The maximum absolute atomic E-state index is 6.28. The molecule has 16 heavy (non-hydrogen) atoms. The highest BCUT2D eigenvalue weighted by molar-refractivity contribution is 4.88. The smallest absolute Gasteiger partial charge is 0.0247 e. The highest BCUT2D eigenvalue weighted by Gasteiger charge is 2.29. The molecule has 0 amide bonds. The Hall–Kier alpha value is -0.0800. The largest absolute Gasteiger partial charge is 0.326 e. The van der Waals surface area contributed by atoms with E-state index in [-0.39, 0.29) is 0 Å². The van der Waals surface area contributed by atoms with E-state index in [1.165, 1.54) is 64.2 Å². The van der Waals surface area contributed by atoms with Gasteiger partial charge in [-0.2, -0.15) is 0 Å². The highest BCUT2D eigenvalue weighted by atomic mass is 15.2. The number of hydrogen-bond acceptors (Lipinski definition) is 2. The predicted molar refractivity (Wildman–Crippen MR) is 69.5 cm³/mol. The van der Waals surface area contributed by atoms with Crippen molar-refractivity contribution < 1.29 is 0 Å². The van der Waals surface area contributed by atoms with Gasteiger partial charge in [0.1, 0.15) is 0 Å². The van der Waals surface area contributed by atoms with E-state index >= 15 is 0 Å². The van der Waals surface area contributed by atoms with Gasteiger partial charge in [0.25, 0.3) is 0 Å². The van der Waals surface area contributed by atoms with Crippen LogP contribution < -0.4 is 5.73 Å². The molecule has 0 aromatic rings. The van der Waals surface area contributed by atoms with Crippen molar-refractivity contribution in [2.45, 2.75) is 82.3 Å². The van der Waals surface area contributed by atoms with Gasteiger partial charge in [-0.1, -0.05) is 38.5 Å². The lowest BCUT2D eigenvalue weighted by Gasteiger charge is -2.40. The highest BCUT2D eigenvalue weighted by Crippen LogP contribution is 2.27. The van der Waals surface area contributed by atoms with Gasteiger partial charge >= 0.3 is 0 Å². The number of nitrogens with two attached hydrogens (primary N) is 1. The summed E-state index contributed by atoms with van der Waals surface area (Å²) in [6.07, 6.45) is 13.8. The van der Waals surface area contributed by atoms with Crippen LogP contribution in [0.25, 0.3) is 0 Å². The average molecular weight is 224 g/mol. The minimum Gasteiger partial charge on any atom is -0.326 e. The van der Waals surface area contributed by atoms with E-state index in [4.69, 9.17) is 5.73 Å². The third-order valence-electron chi connectivity index (χ3n) is 4.71. The van der Waals surface area contributed by atoms with E-state index < -0.39 is 0 Å². The molecule has 2 rings (SSSR count). The summed E-state index contributed by atoms with van der Waals surface area (Å²) >= 11 is 0. The minimum atomic E-state index is 0.432. The Morgan fingerprint density at radius 1 is 0.812 bits per heavy atom. The van der Waals surface area contributed by atoms with Crippen LogP contribution in [0.15, 0.2) is 0 Å². The van der Waals surface area contributed by atoms with Gasteiger partial charge in [-0.3, -0.25) is 4.90 Å². The molecule has 2 nitrogen and oxygen atoms in total. The van der Waals surface area contributed by atoms with Crippen LogP contribution in [0.1, 0.15) is 64.2 Å². The molecule has 0 aliphatic heterocycles. The summed E-state index contributed by atoms with van der Waals surface area (Å²) in [7, 11) is 2.33. The maximum Gasteiger partial charge on any atom is 0.0247 e. The molecule has 2 atom stereocenters. The predicted octanol–water partition coefficient (Wildman–Crippen LogP) is 2.91. The number of likely N-dealkylation sites (N-methyl/N-ethyl adjacent to an activating group) is 1. The van der Waals surface area contributed by atoms with E-state index in [0.29, 0.717) is 12.1 Å². The third-order valence-corrected chi connectivity index (χ3v) is 4.71. The molecule has 2 saturated carbocycles. The first-order valence-electron chi connectivity index (χ1n) is 7.26. The zero-order valence-electron chi connectivity index (χ0n) is 10.8. The molecule has 0 radical (unpaired) electrons. The molecular formula is C14H28N2. The first-order valence-corrected chi connectivity index (χ1v) is 7.26. The van der Waals surface area contributed by atoms with Gasteiger partial charge in [-0.25, -0.2) is 0 Å². The molecule has 94 valence electrons. The summed E-state index contributed by atoms with van der Waals surface area (Å²) in [6, 6.07) is 1.91. The summed E-state index contributed by atoms with van der Waals surface area (Å²) in [5.74, 6) is 0. The van der Waals surface area contributed by atoms with Crippen LogP contribution in [-0.2, 0) is 0 Å². The van der Waals surface area contributed by atoms with E-state index in [2.05, 4.69) is 11.9 Å². The molecule has 2 N–H and O–H groups in total. The Kier molecular flexibility index (Phi) is 4.66. The van der Waals surface area contributed by atoms with E-state index in [9.17, 15) is 0 Å². The Bertz CT molecular complexity index is 197. The van der Waals surface area contributed by atoms with Crippen LogP contribution in [0.5, 0.6) is 0 Å². The Balaban J connectivity index is 1.90. The lowest BCUT2D eigenvalue weighted by Crippen LogP contribution is -2.51. The van der Waals surface area contributed by atoms with Crippen molar-refractivity contribution in [2.75, 3.05) is 7.05 Å². The fourth-order valence-electron chi connectivity index (χ4n) is 3.58. The second-order valence-corrected chi connectivity index (χ2v) is 5.83. The number of rotatable bonds is 2. The Labute approximate surface area is 101 Å². The lowest BCUT2D eigenvalue weighted by molar-refractivity contribution is 0.110. The summed E-state index contributed by atoms with van der Waals surface area (Å²) in [5, 5.41) is 0. The molecule has 0 bridgehead atoms. The molecule has 2 fully saturated rings. The SMILES string of the molecule is CN(C1CCCCCC1)C1CCCCC1N. The van der Waals surface area contributed by atoms with E-state index in [0.717, 1.165) is 6.04 Å². The summed E-state index contributed by atoms with van der Waals surface area (Å²) < 4.78 is 0. The Morgan fingerprint density at radius 2 is 1.38 bits per heavy atom. The van der Waals surface area contributed by atoms with Gasteiger partial charge < -0.3 is 5.73 Å². The van der Waals surface area contributed by atoms with Gasteiger partial charge in [0.05, 0.1) is 0 Å². The second kappa shape index (κ2) is 6.02. The van der Waals surface area contributed by atoms with Gasteiger partial charge in [-0.05, 0) is 32.7 Å². The molecular weight excluding hydrogens is 196 g/mol. The van der Waals surface area contributed by atoms with Crippen molar-refractivity contribution in [3.63, 3.8) is 0 Å². The fraction of sp³-hybridized carbons (Fsp3) is 1.00. The van der Waals surface area contributed by atoms with Crippen molar-refractivity contribution in [3.05, 3.63) is 0 Å². The quantitative estimate of drug-likeness (QED) is 0.731. The Morgan fingerprint density at radius 3 is 2.00 bits per heavy atom. The third kappa shape index (κ3) is 2.98. The van der Waals surface area contributed by atoms with Crippen LogP contribution in [0.2, 0.25) is 0 Å². The molecule has 2 aliphatic rings. The van der Waals surface area contributed by atoms with Crippen molar-refractivity contribution in [3.8, 4) is 0 Å². The van der Waals surface area contributed by atoms with Crippen molar-refractivity contribution in [1.82, 2.24) is 4.90 Å². The minimum absolute atomic E-state index is 0.432.